The van der Waals surface area contributed by atoms with E-state index in [0.717, 1.165) is 10.0 Å². The van der Waals surface area contributed by atoms with Crippen LogP contribution >= 0.6 is 27.5 Å². The van der Waals surface area contributed by atoms with Crippen molar-refractivity contribution in [3.8, 4) is 12.3 Å². The zero-order valence-corrected chi connectivity index (χ0v) is 9.06. The van der Waals surface area contributed by atoms with Crippen molar-refractivity contribution in [3.63, 3.8) is 0 Å². The number of nitrogens with two attached hydrogens (primary N) is 1. The number of benzene rings is 1. The van der Waals surface area contributed by atoms with E-state index in [9.17, 15) is 0 Å². The first kappa shape index (κ1) is 10.6. The van der Waals surface area contributed by atoms with Crippen LogP contribution in [-0.2, 0) is 0 Å². The highest BCUT2D eigenvalue weighted by molar-refractivity contribution is 9.10. The Kier molecular flexibility index (Phi) is 3.76. The van der Waals surface area contributed by atoms with Crippen molar-refractivity contribution < 1.29 is 0 Å². The van der Waals surface area contributed by atoms with E-state index in [2.05, 4.69) is 27.3 Å². The smallest absolute Gasteiger partial charge is 0.108 e. The highest BCUT2D eigenvalue weighted by atomic mass is 79.9. The minimum absolute atomic E-state index is 0.356. The Morgan fingerprint density at radius 2 is 2.31 bits per heavy atom. The van der Waals surface area contributed by atoms with Crippen LogP contribution in [-0.4, -0.2) is 0 Å². The zero-order chi connectivity index (χ0) is 9.84. The first-order chi connectivity index (χ1) is 6.19. The van der Waals surface area contributed by atoms with Gasteiger partial charge in [0.15, 0.2) is 0 Å². The largest absolute Gasteiger partial charge is 0.270 e. The molecule has 1 atom stereocenters. The van der Waals surface area contributed by atoms with Crippen LogP contribution in [0.15, 0.2) is 22.7 Å². The monoisotopic (exact) mass is 258 g/mol. The maximum absolute atomic E-state index is 5.94. The summed E-state index contributed by atoms with van der Waals surface area (Å²) < 4.78 is 0.919. The van der Waals surface area contributed by atoms with Crippen LogP contribution < -0.4 is 11.3 Å². The molecule has 1 aromatic carbocycles. The fraction of sp³-hybridized carbons (Fsp3) is 0.111. The number of hydrogen-bond acceptors (Lipinski definition) is 2. The lowest BCUT2D eigenvalue weighted by molar-refractivity contribution is 0.673. The van der Waals surface area contributed by atoms with E-state index in [1.54, 1.807) is 6.07 Å². The summed E-state index contributed by atoms with van der Waals surface area (Å²) >= 11 is 9.26. The van der Waals surface area contributed by atoms with Gasteiger partial charge in [0.2, 0.25) is 0 Å². The van der Waals surface area contributed by atoms with E-state index in [1.807, 2.05) is 12.1 Å². The molecule has 1 rings (SSSR count). The van der Waals surface area contributed by atoms with Crippen LogP contribution in [0.1, 0.15) is 11.6 Å². The van der Waals surface area contributed by atoms with E-state index in [4.69, 9.17) is 23.9 Å². The predicted octanol–water partition coefficient (Wildman–Crippen LogP) is 2.24. The maximum Gasteiger partial charge on any atom is 0.108 e. The van der Waals surface area contributed by atoms with E-state index in [-0.39, 0.29) is 6.04 Å². The van der Waals surface area contributed by atoms with Crippen LogP contribution in [0.3, 0.4) is 0 Å². The summed E-state index contributed by atoms with van der Waals surface area (Å²) in [5.41, 5.74) is 3.29. The standard InChI is InChI=1S/C9H8BrClN2/c1-2-9(13-12)7-5-6(10)3-4-8(7)11/h1,3-5,9,13H,12H2. The van der Waals surface area contributed by atoms with Gasteiger partial charge < -0.3 is 0 Å². The van der Waals surface area contributed by atoms with Crippen LogP contribution in [0.25, 0.3) is 0 Å². The highest BCUT2D eigenvalue weighted by Crippen LogP contribution is 2.25. The Morgan fingerprint density at radius 1 is 1.62 bits per heavy atom. The van der Waals surface area contributed by atoms with E-state index in [1.165, 1.54) is 0 Å². The first-order valence-electron chi connectivity index (χ1n) is 3.56. The molecule has 13 heavy (non-hydrogen) atoms. The number of hydrazine groups is 1. The van der Waals surface area contributed by atoms with Crippen LogP contribution in [0, 0.1) is 12.3 Å². The van der Waals surface area contributed by atoms with Crippen LogP contribution in [0.2, 0.25) is 5.02 Å². The summed E-state index contributed by atoms with van der Waals surface area (Å²) in [6.07, 6.45) is 5.27. The summed E-state index contributed by atoms with van der Waals surface area (Å²) in [4.78, 5) is 0. The molecule has 0 saturated heterocycles. The molecule has 3 N–H and O–H groups in total. The molecule has 0 aliphatic carbocycles. The molecule has 0 aliphatic heterocycles. The average molecular weight is 260 g/mol. The fourth-order valence-electron chi connectivity index (χ4n) is 0.964. The highest BCUT2D eigenvalue weighted by Gasteiger charge is 2.10. The Balaban J connectivity index is 3.13. The number of hydrogen-bond donors (Lipinski definition) is 2. The van der Waals surface area contributed by atoms with Gasteiger partial charge in [-0.15, -0.1) is 6.42 Å². The van der Waals surface area contributed by atoms with Gasteiger partial charge in [-0.05, 0) is 18.2 Å². The number of terminal acetylenes is 1. The molecule has 1 aromatic rings. The van der Waals surface area contributed by atoms with Gasteiger partial charge in [0, 0.05) is 15.1 Å². The normalized spacial score (nSPS) is 12.2. The summed E-state index contributed by atoms with van der Waals surface area (Å²) in [5.74, 6) is 7.76. The molecule has 0 heterocycles. The van der Waals surface area contributed by atoms with E-state index in [0.29, 0.717) is 5.02 Å². The predicted molar refractivity (Wildman–Crippen MR) is 58.0 cm³/mol. The Hall–Kier alpha value is -0.530. The van der Waals surface area contributed by atoms with Crippen molar-refractivity contribution in [3.05, 3.63) is 33.3 Å². The number of halogens is 2. The molecule has 4 heteroatoms. The second kappa shape index (κ2) is 4.64. The van der Waals surface area contributed by atoms with Crippen molar-refractivity contribution in [1.29, 1.82) is 0 Å². The molecule has 68 valence electrons. The first-order valence-corrected chi connectivity index (χ1v) is 4.73. The second-order valence-corrected chi connectivity index (χ2v) is 3.76. The molecule has 0 bridgehead atoms. The van der Waals surface area contributed by atoms with Gasteiger partial charge in [-0.3, -0.25) is 5.84 Å². The lowest BCUT2D eigenvalue weighted by Gasteiger charge is -2.11. The van der Waals surface area contributed by atoms with Gasteiger partial charge in [0.1, 0.15) is 6.04 Å². The van der Waals surface area contributed by atoms with Crippen LogP contribution in [0.5, 0.6) is 0 Å². The lowest BCUT2D eigenvalue weighted by atomic mass is 10.1. The van der Waals surface area contributed by atoms with Crippen molar-refractivity contribution in [2.75, 3.05) is 0 Å². The van der Waals surface area contributed by atoms with Crippen molar-refractivity contribution in [2.24, 2.45) is 5.84 Å². The van der Waals surface area contributed by atoms with Crippen molar-refractivity contribution in [2.45, 2.75) is 6.04 Å². The zero-order valence-electron chi connectivity index (χ0n) is 6.72. The summed E-state index contributed by atoms with van der Waals surface area (Å²) in [6.45, 7) is 0. The molecular weight excluding hydrogens is 251 g/mol. The quantitative estimate of drug-likeness (QED) is 0.486. The van der Waals surface area contributed by atoms with Gasteiger partial charge >= 0.3 is 0 Å². The Morgan fingerprint density at radius 3 is 2.85 bits per heavy atom. The van der Waals surface area contributed by atoms with Gasteiger partial charge in [0.25, 0.3) is 0 Å². The molecular formula is C9H8BrClN2. The SMILES string of the molecule is C#CC(NN)c1cc(Br)ccc1Cl. The molecule has 0 fully saturated rings. The number of nitrogens with one attached hydrogen (secondary N) is 1. The molecule has 0 amide bonds. The molecule has 0 spiro atoms. The molecule has 2 nitrogen and oxygen atoms in total. The number of rotatable bonds is 2. The summed E-state index contributed by atoms with van der Waals surface area (Å²) in [7, 11) is 0. The summed E-state index contributed by atoms with van der Waals surface area (Å²) in [5, 5.41) is 0.601. The summed E-state index contributed by atoms with van der Waals surface area (Å²) in [6, 6.07) is 5.09. The van der Waals surface area contributed by atoms with Gasteiger partial charge in [-0.25, -0.2) is 5.43 Å². The fourth-order valence-corrected chi connectivity index (χ4v) is 1.57. The molecule has 0 aromatic heterocycles. The van der Waals surface area contributed by atoms with E-state index >= 15 is 0 Å². The minimum atomic E-state index is -0.356. The average Bonchev–Trinajstić information content (AvgIpc) is 2.13. The van der Waals surface area contributed by atoms with Crippen LogP contribution in [0.4, 0.5) is 0 Å². The van der Waals surface area contributed by atoms with E-state index < -0.39 is 0 Å². The lowest BCUT2D eigenvalue weighted by Crippen LogP contribution is -2.26. The molecule has 0 radical (unpaired) electrons. The Labute approximate surface area is 90.6 Å². The third-order valence-electron chi connectivity index (χ3n) is 1.60. The molecule has 0 aliphatic rings. The third-order valence-corrected chi connectivity index (χ3v) is 2.44. The third kappa shape index (κ3) is 2.45. The van der Waals surface area contributed by atoms with Gasteiger partial charge in [0.05, 0.1) is 0 Å². The van der Waals surface area contributed by atoms with Gasteiger partial charge in [-0.2, -0.15) is 0 Å². The van der Waals surface area contributed by atoms with Crippen molar-refractivity contribution in [1.82, 2.24) is 5.43 Å². The minimum Gasteiger partial charge on any atom is -0.270 e. The molecule has 0 saturated carbocycles. The maximum atomic E-state index is 5.94. The second-order valence-electron chi connectivity index (χ2n) is 2.43. The van der Waals surface area contributed by atoms with Gasteiger partial charge in [-0.1, -0.05) is 33.5 Å². The molecule has 1 unspecified atom stereocenters. The van der Waals surface area contributed by atoms with Crippen molar-refractivity contribution >= 4 is 27.5 Å². The Bertz CT molecular complexity index is 346. The topological polar surface area (TPSA) is 38.0 Å².